The SMILES string of the molecule is CCCCNc1ccccc1C(=O)OCC(=O)Nc1cc(Cl)ccc1C. The highest BCUT2D eigenvalue weighted by molar-refractivity contribution is 6.31. The Morgan fingerprint density at radius 3 is 2.65 bits per heavy atom. The first-order chi connectivity index (χ1) is 12.5. The van der Waals surface area contributed by atoms with Crippen LogP contribution in [0.2, 0.25) is 5.02 Å². The Kier molecular flexibility index (Phi) is 7.48. The third-order valence-electron chi connectivity index (χ3n) is 3.80. The molecule has 0 heterocycles. The van der Waals surface area contributed by atoms with Crippen LogP contribution in [0, 0.1) is 6.92 Å². The molecule has 0 aromatic heterocycles. The Hall–Kier alpha value is -2.53. The fourth-order valence-electron chi connectivity index (χ4n) is 2.34. The number of hydrogen-bond acceptors (Lipinski definition) is 4. The largest absolute Gasteiger partial charge is 0.452 e. The van der Waals surface area contributed by atoms with E-state index in [0.29, 0.717) is 22.0 Å². The second-order valence-corrected chi connectivity index (χ2v) is 6.35. The van der Waals surface area contributed by atoms with Crippen molar-refractivity contribution in [1.29, 1.82) is 0 Å². The number of ether oxygens (including phenoxy) is 1. The second-order valence-electron chi connectivity index (χ2n) is 5.91. The summed E-state index contributed by atoms with van der Waals surface area (Å²) in [5.41, 5.74) is 2.59. The molecule has 0 saturated carbocycles. The maximum atomic E-state index is 12.3. The number of nitrogens with one attached hydrogen (secondary N) is 2. The van der Waals surface area contributed by atoms with Crippen molar-refractivity contribution in [2.75, 3.05) is 23.8 Å². The van der Waals surface area contributed by atoms with Crippen LogP contribution in [0.1, 0.15) is 35.7 Å². The molecule has 1 amide bonds. The minimum Gasteiger partial charge on any atom is -0.452 e. The lowest BCUT2D eigenvalue weighted by Crippen LogP contribution is -2.22. The number of rotatable bonds is 8. The van der Waals surface area contributed by atoms with E-state index < -0.39 is 11.9 Å². The third-order valence-corrected chi connectivity index (χ3v) is 4.04. The molecule has 2 rings (SSSR count). The van der Waals surface area contributed by atoms with Gasteiger partial charge in [0.05, 0.1) is 5.56 Å². The summed E-state index contributed by atoms with van der Waals surface area (Å²) in [4.78, 5) is 24.4. The fourth-order valence-corrected chi connectivity index (χ4v) is 2.51. The molecular weight excluding hydrogens is 352 g/mol. The van der Waals surface area contributed by atoms with Crippen molar-refractivity contribution in [1.82, 2.24) is 0 Å². The van der Waals surface area contributed by atoms with E-state index in [4.69, 9.17) is 16.3 Å². The molecule has 0 aliphatic carbocycles. The molecule has 2 aromatic rings. The molecule has 2 N–H and O–H groups in total. The Balaban J connectivity index is 1.94. The van der Waals surface area contributed by atoms with Crippen LogP contribution in [0.5, 0.6) is 0 Å². The highest BCUT2D eigenvalue weighted by Crippen LogP contribution is 2.20. The van der Waals surface area contributed by atoms with Gasteiger partial charge in [-0.15, -0.1) is 0 Å². The molecule has 0 aliphatic rings. The molecule has 0 unspecified atom stereocenters. The van der Waals surface area contributed by atoms with Crippen LogP contribution < -0.4 is 10.6 Å². The summed E-state index contributed by atoms with van der Waals surface area (Å²) in [5, 5.41) is 6.44. The number of carbonyl (C=O) groups is 2. The highest BCUT2D eigenvalue weighted by Gasteiger charge is 2.14. The van der Waals surface area contributed by atoms with Gasteiger partial charge in [0.25, 0.3) is 5.91 Å². The quantitative estimate of drug-likeness (QED) is 0.521. The van der Waals surface area contributed by atoms with Gasteiger partial charge in [-0.05, 0) is 43.2 Å². The summed E-state index contributed by atoms with van der Waals surface area (Å²) < 4.78 is 5.16. The van der Waals surface area contributed by atoms with E-state index in [1.807, 2.05) is 25.1 Å². The van der Waals surface area contributed by atoms with Crippen LogP contribution >= 0.6 is 11.6 Å². The van der Waals surface area contributed by atoms with Gasteiger partial charge in [0.15, 0.2) is 6.61 Å². The number of carbonyl (C=O) groups excluding carboxylic acids is 2. The van der Waals surface area contributed by atoms with E-state index >= 15 is 0 Å². The van der Waals surface area contributed by atoms with Gasteiger partial charge in [0.2, 0.25) is 0 Å². The number of hydrogen-bond donors (Lipinski definition) is 2. The van der Waals surface area contributed by atoms with Crippen molar-refractivity contribution in [2.24, 2.45) is 0 Å². The summed E-state index contributed by atoms with van der Waals surface area (Å²) in [6.07, 6.45) is 2.06. The summed E-state index contributed by atoms with van der Waals surface area (Å²) in [7, 11) is 0. The van der Waals surface area contributed by atoms with Crippen molar-refractivity contribution in [2.45, 2.75) is 26.7 Å². The first kappa shape index (κ1) is 19.8. The minimum atomic E-state index is -0.539. The standard InChI is InChI=1S/C20H23ClN2O3/c1-3-4-11-22-17-8-6-5-7-16(17)20(25)26-13-19(24)23-18-12-15(21)10-9-14(18)2/h5-10,12,22H,3-4,11,13H2,1-2H3,(H,23,24). The van der Waals surface area contributed by atoms with Crippen LogP contribution in [0.4, 0.5) is 11.4 Å². The molecule has 2 aromatic carbocycles. The van der Waals surface area contributed by atoms with Crippen LogP contribution in [0.3, 0.4) is 0 Å². The van der Waals surface area contributed by atoms with Gasteiger partial charge >= 0.3 is 5.97 Å². The maximum Gasteiger partial charge on any atom is 0.340 e. The van der Waals surface area contributed by atoms with Gasteiger partial charge in [0, 0.05) is 22.9 Å². The molecule has 0 atom stereocenters. The van der Waals surface area contributed by atoms with Gasteiger partial charge in [0.1, 0.15) is 0 Å². The lowest BCUT2D eigenvalue weighted by molar-refractivity contribution is -0.119. The van der Waals surface area contributed by atoms with E-state index in [9.17, 15) is 9.59 Å². The number of para-hydroxylation sites is 1. The average Bonchev–Trinajstić information content (AvgIpc) is 2.63. The summed E-state index contributed by atoms with van der Waals surface area (Å²) in [6.45, 7) is 4.36. The van der Waals surface area contributed by atoms with Crippen molar-refractivity contribution < 1.29 is 14.3 Å². The first-order valence-corrected chi connectivity index (χ1v) is 8.95. The molecule has 0 radical (unpaired) electrons. The summed E-state index contributed by atoms with van der Waals surface area (Å²) in [6, 6.07) is 12.3. The molecule has 0 bridgehead atoms. The van der Waals surface area contributed by atoms with Gasteiger partial charge in [-0.1, -0.05) is 43.1 Å². The van der Waals surface area contributed by atoms with E-state index in [1.54, 1.807) is 24.3 Å². The highest BCUT2D eigenvalue weighted by atomic mass is 35.5. The smallest absolute Gasteiger partial charge is 0.340 e. The number of esters is 1. The molecule has 0 spiro atoms. The second kappa shape index (κ2) is 9.82. The summed E-state index contributed by atoms with van der Waals surface area (Å²) >= 11 is 5.93. The third kappa shape index (κ3) is 5.77. The molecule has 26 heavy (non-hydrogen) atoms. The molecule has 6 heteroatoms. The number of aryl methyl sites for hydroxylation is 1. The van der Waals surface area contributed by atoms with Crippen molar-refractivity contribution in [3.05, 3.63) is 58.6 Å². The number of amides is 1. The van der Waals surface area contributed by atoms with Crippen LogP contribution in [0.25, 0.3) is 0 Å². The molecule has 5 nitrogen and oxygen atoms in total. The Morgan fingerprint density at radius 2 is 1.88 bits per heavy atom. The van der Waals surface area contributed by atoms with Crippen LogP contribution in [-0.2, 0) is 9.53 Å². The van der Waals surface area contributed by atoms with E-state index in [0.717, 1.165) is 24.9 Å². The van der Waals surface area contributed by atoms with Crippen molar-refractivity contribution >= 4 is 34.9 Å². The topological polar surface area (TPSA) is 67.4 Å². The number of anilines is 2. The van der Waals surface area contributed by atoms with Gasteiger partial charge in [-0.2, -0.15) is 0 Å². The zero-order valence-corrected chi connectivity index (χ0v) is 15.7. The zero-order chi connectivity index (χ0) is 18.9. The van der Waals surface area contributed by atoms with E-state index in [-0.39, 0.29) is 6.61 Å². The normalized spacial score (nSPS) is 10.3. The Labute approximate surface area is 158 Å². The lowest BCUT2D eigenvalue weighted by atomic mass is 10.1. The van der Waals surface area contributed by atoms with Gasteiger partial charge in [-0.25, -0.2) is 4.79 Å². The molecule has 138 valence electrons. The molecular formula is C20H23ClN2O3. The maximum absolute atomic E-state index is 12.3. The summed E-state index contributed by atoms with van der Waals surface area (Å²) in [5.74, 6) is -0.956. The van der Waals surface area contributed by atoms with E-state index in [1.165, 1.54) is 0 Å². The molecule has 0 fully saturated rings. The van der Waals surface area contributed by atoms with Gasteiger partial charge in [-0.3, -0.25) is 4.79 Å². The predicted molar refractivity (Wildman–Crippen MR) is 105 cm³/mol. The lowest BCUT2D eigenvalue weighted by Gasteiger charge is -2.12. The number of benzene rings is 2. The Morgan fingerprint density at radius 1 is 1.12 bits per heavy atom. The van der Waals surface area contributed by atoms with Crippen molar-refractivity contribution in [3.63, 3.8) is 0 Å². The van der Waals surface area contributed by atoms with Crippen LogP contribution in [0.15, 0.2) is 42.5 Å². The average molecular weight is 375 g/mol. The number of halogens is 1. The monoisotopic (exact) mass is 374 g/mol. The fraction of sp³-hybridized carbons (Fsp3) is 0.300. The number of unbranched alkanes of at least 4 members (excludes halogenated alkanes) is 1. The Bertz CT molecular complexity index is 777. The molecule has 0 saturated heterocycles. The first-order valence-electron chi connectivity index (χ1n) is 8.57. The van der Waals surface area contributed by atoms with Crippen molar-refractivity contribution in [3.8, 4) is 0 Å². The van der Waals surface area contributed by atoms with Crippen LogP contribution in [-0.4, -0.2) is 25.0 Å². The predicted octanol–water partition coefficient (Wildman–Crippen LogP) is 4.66. The zero-order valence-electron chi connectivity index (χ0n) is 15.0. The van der Waals surface area contributed by atoms with Gasteiger partial charge < -0.3 is 15.4 Å². The molecule has 0 aliphatic heterocycles. The van der Waals surface area contributed by atoms with E-state index in [2.05, 4.69) is 17.6 Å². The minimum absolute atomic E-state index is 0.367.